The van der Waals surface area contributed by atoms with Crippen molar-refractivity contribution in [2.24, 2.45) is 0 Å². The summed E-state index contributed by atoms with van der Waals surface area (Å²) in [6.45, 7) is 2.37. The van der Waals surface area contributed by atoms with Crippen LogP contribution in [0.25, 0.3) is 11.0 Å². The summed E-state index contributed by atoms with van der Waals surface area (Å²) < 4.78 is 33.9. The van der Waals surface area contributed by atoms with Crippen LogP contribution < -0.4 is 4.90 Å². The summed E-state index contributed by atoms with van der Waals surface area (Å²) in [6, 6.07) is 11.4. The second-order valence-electron chi connectivity index (χ2n) is 7.60. The normalized spacial score (nSPS) is 20.1. The number of carbonyl (C=O) groups excluding carboxylic acids is 1. The number of ether oxygens (including phenoxy) is 1. The molecule has 7 nitrogen and oxygen atoms in total. The Balaban J connectivity index is 1.64. The molecule has 1 aromatic carbocycles. The van der Waals surface area contributed by atoms with Crippen LogP contribution in [0.1, 0.15) is 42.5 Å². The van der Waals surface area contributed by atoms with E-state index in [0.717, 1.165) is 0 Å². The third-order valence-corrected chi connectivity index (χ3v) is 5.24. The first-order valence-corrected chi connectivity index (χ1v) is 9.94. The fourth-order valence-corrected chi connectivity index (χ4v) is 3.96. The molecule has 1 aliphatic rings. The summed E-state index contributed by atoms with van der Waals surface area (Å²) in [4.78, 5) is 23.6. The van der Waals surface area contributed by atoms with E-state index in [-0.39, 0.29) is 29.1 Å². The highest BCUT2D eigenvalue weighted by atomic mass is 19.3. The van der Waals surface area contributed by atoms with Crippen molar-refractivity contribution >= 4 is 22.6 Å². The monoisotopic (exact) mass is 425 g/mol. The van der Waals surface area contributed by atoms with E-state index in [2.05, 4.69) is 14.9 Å². The number of aromatic nitrogens is 3. The number of anilines is 1. The third-order valence-electron chi connectivity index (χ3n) is 5.24. The predicted molar refractivity (Wildman–Crippen MR) is 110 cm³/mol. The highest BCUT2D eigenvalue weighted by Crippen LogP contribution is 2.29. The number of para-hydroxylation sites is 2. The molecule has 4 rings (SSSR count). The van der Waals surface area contributed by atoms with Crippen LogP contribution in [0.3, 0.4) is 0 Å². The Labute approximate surface area is 177 Å². The van der Waals surface area contributed by atoms with E-state index in [1.807, 2.05) is 19.9 Å². The predicted octanol–water partition coefficient (Wildman–Crippen LogP) is 3.93. The molecular formula is C22H21F2N5O2. The fraction of sp³-hybridized carbons (Fsp3) is 0.364. The Morgan fingerprint density at radius 3 is 2.52 bits per heavy atom. The largest absolute Gasteiger partial charge is 0.372 e. The molecule has 1 aliphatic heterocycles. The van der Waals surface area contributed by atoms with Gasteiger partial charge in [-0.05, 0) is 38.1 Å². The molecule has 0 radical (unpaired) electrons. The first kappa shape index (κ1) is 20.9. The number of morpholine rings is 1. The molecule has 9 heteroatoms. The molecule has 160 valence electrons. The van der Waals surface area contributed by atoms with Gasteiger partial charge in [-0.3, -0.25) is 9.36 Å². The van der Waals surface area contributed by atoms with Gasteiger partial charge in [0.1, 0.15) is 11.6 Å². The molecule has 0 bridgehead atoms. The maximum absolute atomic E-state index is 13.7. The van der Waals surface area contributed by atoms with Gasteiger partial charge in [-0.2, -0.15) is 14.0 Å². The molecule has 2 aromatic heterocycles. The Morgan fingerprint density at radius 2 is 1.90 bits per heavy atom. The summed E-state index contributed by atoms with van der Waals surface area (Å²) in [5.41, 5.74) is 0.636. The lowest BCUT2D eigenvalue weighted by Crippen LogP contribution is -2.45. The lowest BCUT2D eigenvalue weighted by atomic mass is 9.99. The van der Waals surface area contributed by atoms with Gasteiger partial charge in [-0.15, -0.1) is 0 Å². The van der Waals surface area contributed by atoms with Gasteiger partial charge >= 0.3 is 6.55 Å². The van der Waals surface area contributed by atoms with Crippen LogP contribution in [0.15, 0.2) is 42.6 Å². The van der Waals surface area contributed by atoms with Crippen molar-refractivity contribution in [2.45, 2.75) is 38.5 Å². The summed E-state index contributed by atoms with van der Waals surface area (Å²) in [6.07, 6.45) is 1.48. The quantitative estimate of drug-likeness (QED) is 0.576. The topological polar surface area (TPSA) is 84.0 Å². The zero-order chi connectivity index (χ0) is 22.1. The lowest BCUT2D eigenvalue weighted by Gasteiger charge is -2.36. The van der Waals surface area contributed by atoms with Crippen molar-refractivity contribution in [1.82, 2.24) is 14.5 Å². The number of halogens is 2. The van der Waals surface area contributed by atoms with Gasteiger partial charge in [0.15, 0.2) is 11.7 Å². The minimum Gasteiger partial charge on any atom is -0.372 e. The van der Waals surface area contributed by atoms with Gasteiger partial charge in [0, 0.05) is 24.8 Å². The number of nitriles is 1. The van der Waals surface area contributed by atoms with Crippen LogP contribution >= 0.6 is 0 Å². The minimum absolute atomic E-state index is 0.0529. The highest BCUT2D eigenvalue weighted by Gasteiger charge is 2.31. The van der Waals surface area contributed by atoms with Crippen molar-refractivity contribution in [3.63, 3.8) is 0 Å². The number of fused-ring (bicyclic) bond motifs is 1. The second kappa shape index (κ2) is 8.40. The van der Waals surface area contributed by atoms with Crippen LogP contribution in [-0.4, -0.2) is 45.6 Å². The van der Waals surface area contributed by atoms with Crippen LogP contribution in [-0.2, 0) is 4.74 Å². The van der Waals surface area contributed by atoms with E-state index in [1.54, 1.807) is 30.3 Å². The molecule has 3 unspecified atom stereocenters. The number of rotatable bonds is 5. The van der Waals surface area contributed by atoms with Gasteiger partial charge in [0.25, 0.3) is 0 Å². The zero-order valence-corrected chi connectivity index (χ0v) is 17.1. The van der Waals surface area contributed by atoms with Gasteiger partial charge in [-0.1, -0.05) is 12.1 Å². The molecule has 0 amide bonds. The smallest absolute Gasteiger partial charge is 0.320 e. The van der Waals surface area contributed by atoms with Crippen LogP contribution in [0.5, 0.6) is 0 Å². The molecule has 31 heavy (non-hydrogen) atoms. The molecule has 3 aromatic rings. The average Bonchev–Trinajstić information content (AvgIpc) is 3.13. The number of Topliss-reactive ketones (excluding diaryl/α,β-unsaturated/α-hetero) is 1. The number of benzene rings is 1. The summed E-state index contributed by atoms with van der Waals surface area (Å²) >= 11 is 0. The lowest BCUT2D eigenvalue weighted by molar-refractivity contribution is -0.00546. The first-order valence-electron chi connectivity index (χ1n) is 9.94. The van der Waals surface area contributed by atoms with Gasteiger partial charge in [-0.25, -0.2) is 9.97 Å². The van der Waals surface area contributed by atoms with Crippen LogP contribution in [0, 0.1) is 11.3 Å². The van der Waals surface area contributed by atoms with Gasteiger partial charge in [0.05, 0.1) is 29.3 Å². The van der Waals surface area contributed by atoms with E-state index >= 15 is 0 Å². The molecule has 3 heterocycles. The van der Waals surface area contributed by atoms with Crippen molar-refractivity contribution < 1.29 is 18.3 Å². The van der Waals surface area contributed by atoms with Crippen LogP contribution in [0.4, 0.5) is 14.6 Å². The van der Waals surface area contributed by atoms with Crippen molar-refractivity contribution in [2.75, 3.05) is 18.0 Å². The van der Waals surface area contributed by atoms with E-state index < -0.39 is 18.3 Å². The van der Waals surface area contributed by atoms with E-state index in [0.29, 0.717) is 29.0 Å². The number of hydrogen-bond acceptors (Lipinski definition) is 6. The number of hydrogen-bond donors (Lipinski definition) is 0. The van der Waals surface area contributed by atoms with Crippen LogP contribution in [0.2, 0.25) is 0 Å². The number of ketones is 1. The van der Waals surface area contributed by atoms with E-state index in [4.69, 9.17) is 4.74 Å². The molecule has 3 atom stereocenters. The fourth-order valence-electron chi connectivity index (χ4n) is 3.96. The number of pyridine rings is 1. The molecule has 1 saturated heterocycles. The number of nitrogens with zero attached hydrogens (tertiary/aromatic N) is 5. The Bertz CT molecular complexity index is 1130. The van der Waals surface area contributed by atoms with Crippen molar-refractivity contribution in [3.8, 4) is 6.07 Å². The Morgan fingerprint density at radius 1 is 1.19 bits per heavy atom. The van der Waals surface area contributed by atoms with Gasteiger partial charge in [0.2, 0.25) is 0 Å². The van der Waals surface area contributed by atoms with Crippen molar-refractivity contribution in [3.05, 3.63) is 54.0 Å². The molecule has 0 saturated carbocycles. The Hall–Kier alpha value is -3.38. The maximum atomic E-state index is 13.7. The number of imidazole rings is 1. The summed E-state index contributed by atoms with van der Waals surface area (Å²) in [7, 11) is 0. The first-order chi connectivity index (χ1) is 14.9. The van der Waals surface area contributed by atoms with Crippen molar-refractivity contribution in [1.29, 1.82) is 5.26 Å². The molecule has 0 spiro atoms. The van der Waals surface area contributed by atoms with E-state index in [1.165, 1.54) is 12.3 Å². The SMILES string of the molecule is CC1CN(c2ccc(C(=O)C(C#N)c3nc4ccccc4n3C(F)F)cn2)CC(C)O1. The third kappa shape index (κ3) is 3.99. The highest BCUT2D eigenvalue weighted by molar-refractivity contribution is 6.02. The minimum atomic E-state index is -2.93. The summed E-state index contributed by atoms with van der Waals surface area (Å²) in [5.74, 6) is -1.68. The Kier molecular flexibility index (Phi) is 5.65. The number of alkyl halides is 2. The maximum Gasteiger partial charge on any atom is 0.320 e. The van der Waals surface area contributed by atoms with E-state index in [9.17, 15) is 18.8 Å². The van der Waals surface area contributed by atoms with Gasteiger partial charge < -0.3 is 9.64 Å². The summed E-state index contributed by atoms with van der Waals surface area (Å²) in [5, 5.41) is 9.65. The molecule has 0 N–H and O–H groups in total. The standard InChI is InChI=1S/C22H21F2N5O2/c1-13-11-28(12-14(2)31-13)19-8-7-15(10-26-19)20(30)16(9-25)21-27-17-5-3-4-6-18(17)29(21)22(23)24/h3-8,10,13-14,16,22H,11-12H2,1-2H3. The average molecular weight is 425 g/mol. The molecule has 1 fully saturated rings. The zero-order valence-electron chi connectivity index (χ0n) is 17.1. The molecule has 0 aliphatic carbocycles. The number of carbonyl (C=O) groups is 1. The molecular weight excluding hydrogens is 404 g/mol. The second-order valence-corrected chi connectivity index (χ2v) is 7.60.